The summed E-state index contributed by atoms with van der Waals surface area (Å²) >= 11 is 0. The molecule has 6 heteroatoms. The van der Waals surface area contributed by atoms with Crippen LogP contribution >= 0.6 is 0 Å². The highest BCUT2D eigenvalue weighted by molar-refractivity contribution is 5.79. The van der Waals surface area contributed by atoms with Crippen LogP contribution in [0.2, 0.25) is 0 Å². The van der Waals surface area contributed by atoms with Gasteiger partial charge in [0, 0.05) is 31.6 Å². The predicted molar refractivity (Wildman–Crippen MR) is 91.7 cm³/mol. The number of hydrogen-bond donors (Lipinski definition) is 1. The van der Waals surface area contributed by atoms with Gasteiger partial charge in [-0.3, -0.25) is 4.79 Å². The van der Waals surface area contributed by atoms with E-state index in [1.807, 2.05) is 0 Å². The van der Waals surface area contributed by atoms with Crippen molar-refractivity contribution in [2.75, 3.05) is 32.7 Å². The maximum absolute atomic E-state index is 12.7. The van der Waals surface area contributed by atoms with Crippen molar-refractivity contribution in [3.8, 4) is 0 Å². The third kappa shape index (κ3) is 3.50. The largest absolute Gasteiger partial charge is 0.530 e. The van der Waals surface area contributed by atoms with Gasteiger partial charge in [-0.05, 0) is 75.8 Å². The number of piperidine rings is 4. The lowest BCUT2D eigenvalue weighted by atomic mass is 9.65. The van der Waals surface area contributed by atoms with Crippen molar-refractivity contribution in [3.63, 3.8) is 0 Å². The lowest BCUT2D eigenvalue weighted by Gasteiger charge is -2.47. The second-order valence-electron chi connectivity index (χ2n) is 8.78. The monoisotopic (exact) mass is 348 g/mol. The molecular formula is C19H30N3O3-. The summed E-state index contributed by atoms with van der Waals surface area (Å²) in [5.41, 5.74) is 0.262. The zero-order valence-corrected chi connectivity index (χ0v) is 15.0. The maximum Gasteiger partial charge on any atom is 0.223 e. The van der Waals surface area contributed by atoms with Crippen LogP contribution in [0.15, 0.2) is 0 Å². The van der Waals surface area contributed by atoms with Gasteiger partial charge in [0.2, 0.25) is 5.91 Å². The van der Waals surface area contributed by atoms with Gasteiger partial charge in [-0.2, -0.15) is 0 Å². The molecule has 4 saturated heterocycles. The predicted octanol–water partition coefficient (Wildman–Crippen LogP) is 0.813. The first kappa shape index (κ1) is 17.1. The fraction of sp³-hybridized carbons (Fsp3) is 0.895. The van der Waals surface area contributed by atoms with E-state index in [1.54, 1.807) is 0 Å². The van der Waals surface area contributed by atoms with Crippen LogP contribution in [0.1, 0.15) is 51.4 Å². The number of carboxylic acid groups (broad SMARTS) is 1. The van der Waals surface area contributed by atoms with Gasteiger partial charge in [0.1, 0.15) is 6.09 Å². The summed E-state index contributed by atoms with van der Waals surface area (Å²) in [5, 5.41) is 14.3. The molecule has 0 aromatic carbocycles. The molecule has 4 aliphatic heterocycles. The highest BCUT2D eigenvalue weighted by Gasteiger charge is 2.41. The van der Waals surface area contributed by atoms with E-state index in [9.17, 15) is 14.7 Å². The molecule has 0 aromatic heterocycles. The van der Waals surface area contributed by atoms with Gasteiger partial charge in [0.25, 0.3) is 0 Å². The van der Waals surface area contributed by atoms with E-state index >= 15 is 0 Å². The Morgan fingerprint density at radius 1 is 0.920 bits per heavy atom. The fourth-order valence-electron chi connectivity index (χ4n) is 5.59. The Labute approximate surface area is 149 Å². The number of likely N-dealkylation sites (tertiary alicyclic amines) is 1. The summed E-state index contributed by atoms with van der Waals surface area (Å²) < 4.78 is 0. The lowest BCUT2D eigenvalue weighted by Crippen LogP contribution is -2.58. The Balaban J connectivity index is 1.26. The molecule has 5 rings (SSSR count). The van der Waals surface area contributed by atoms with E-state index in [0.29, 0.717) is 25.0 Å². The summed E-state index contributed by atoms with van der Waals surface area (Å²) in [4.78, 5) is 27.6. The van der Waals surface area contributed by atoms with Crippen molar-refractivity contribution >= 4 is 12.0 Å². The third-order valence-electron chi connectivity index (χ3n) is 7.48. The van der Waals surface area contributed by atoms with Gasteiger partial charge in [-0.1, -0.05) is 0 Å². The summed E-state index contributed by atoms with van der Waals surface area (Å²) in [7, 11) is 0. The topological polar surface area (TPSA) is 75.7 Å². The van der Waals surface area contributed by atoms with Crippen molar-refractivity contribution < 1.29 is 14.7 Å². The van der Waals surface area contributed by atoms with Gasteiger partial charge in [0.15, 0.2) is 0 Å². The van der Waals surface area contributed by atoms with Crippen LogP contribution in [0.4, 0.5) is 4.79 Å². The molecule has 0 radical (unpaired) electrons. The second-order valence-corrected chi connectivity index (χ2v) is 8.78. The number of fused-ring (bicyclic) bond motifs is 3. The molecule has 5 aliphatic rings. The van der Waals surface area contributed by atoms with Crippen LogP contribution < -0.4 is 10.4 Å². The number of rotatable bonds is 2. The molecule has 1 saturated carbocycles. The molecule has 4 heterocycles. The van der Waals surface area contributed by atoms with E-state index in [4.69, 9.17) is 0 Å². The van der Waals surface area contributed by atoms with Gasteiger partial charge < -0.3 is 25.0 Å². The quantitative estimate of drug-likeness (QED) is 0.801. The fourth-order valence-corrected chi connectivity index (χ4v) is 5.59. The number of carbonyl (C=O) groups excluding carboxylic acids is 2. The smallest absolute Gasteiger partial charge is 0.223 e. The molecule has 5 fully saturated rings. The number of hydrogen-bond acceptors (Lipinski definition) is 4. The van der Waals surface area contributed by atoms with E-state index < -0.39 is 6.09 Å². The van der Waals surface area contributed by atoms with Crippen LogP contribution in [-0.2, 0) is 4.79 Å². The Bertz CT molecular complexity index is 512. The molecule has 1 aliphatic carbocycles. The minimum atomic E-state index is -1.04. The van der Waals surface area contributed by atoms with Crippen LogP contribution in [-0.4, -0.2) is 60.6 Å². The van der Waals surface area contributed by atoms with Crippen molar-refractivity contribution in [2.45, 2.75) is 57.4 Å². The normalized spacial score (nSPS) is 34.9. The third-order valence-corrected chi connectivity index (χ3v) is 7.48. The Morgan fingerprint density at radius 2 is 1.56 bits per heavy atom. The van der Waals surface area contributed by atoms with Crippen molar-refractivity contribution in [2.24, 2.45) is 17.3 Å². The van der Waals surface area contributed by atoms with Gasteiger partial charge in [-0.25, -0.2) is 0 Å². The van der Waals surface area contributed by atoms with Gasteiger partial charge in [0.05, 0.1) is 0 Å². The van der Waals surface area contributed by atoms with Crippen LogP contribution in [0, 0.1) is 17.3 Å². The molecule has 0 aromatic rings. The molecule has 2 amide bonds. The molecule has 2 bridgehead atoms. The first-order valence-corrected chi connectivity index (χ1v) is 10.0. The van der Waals surface area contributed by atoms with E-state index in [0.717, 1.165) is 45.1 Å². The van der Waals surface area contributed by atoms with Crippen LogP contribution in [0.5, 0.6) is 0 Å². The molecular weight excluding hydrogens is 318 g/mol. The Morgan fingerprint density at radius 3 is 2.08 bits per heavy atom. The molecule has 6 nitrogen and oxygen atoms in total. The number of amides is 2. The molecule has 1 atom stereocenters. The number of nitrogens with one attached hydrogen (secondary N) is 1. The maximum atomic E-state index is 12.7. The Hall–Kier alpha value is -1.30. The minimum Gasteiger partial charge on any atom is -0.530 e. The summed E-state index contributed by atoms with van der Waals surface area (Å²) in [6.07, 6.45) is 7.31. The zero-order valence-electron chi connectivity index (χ0n) is 15.0. The van der Waals surface area contributed by atoms with Crippen molar-refractivity contribution in [1.82, 2.24) is 15.1 Å². The Kier molecular flexibility index (Phi) is 4.65. The molecule has 140 valence electrons. The summed E-state index contributed by atoms with van der Waals surface area (Å²) in [6.45, 7) is 4.63. The zero-order chi connectivity index (χ0) is 17.4. The van der Waals surface area contributed by atoms with Crippen LogP contribution in [0.3, 0.4) is 0 Å². The molecule has 1 N–H and O–H groups in total. The SMILES string of the molecule is O=C(N[C@H]1CN2CCC1CC2)C1CCC2(CC1)CCN(C(=O)[O-])CC2. The van der Waals surface area contributed by atoms with E-state index in [1.165, 1.54) is 30.8 Å². The molecule has 25 heavy (non-hydrogen) atoms. The average Bonchev–Trinajstić information content (AvgIpc) is 2.64. The highest BCUT2D eigenvalue weighted by atomic mass is 16.4. The lowest BCUT2D eigenvalue weighted by molar-refractivity contribution is -0.267. The number of nitrogens with zero attached hydrogens (tertiary/aromatic N) is 2. The average molecular weight is 348 g/mol. The summed E-state index contributed by atoms with van der Waals surface area (Å²) in [6, 6.07) is 0.359. The molecule has 1 spiro atoms. The van der Waals surface area contributed by atoms with Gasteiger partial charge in [-0.15, -0.1) is 0 Å². The highest BCUT2D eigenvalue weighted by Crippen LogP contribution is 2.46. The summed E-state index contributed by atoms with van der Waals surface area (Å²) in [5.74, 6) is 1.10. The van der Waals surface area contributed by atoms with E-state index in [-0.39, 0.29) is 17.2 Å². The van der Waals surface area contributed by atoms with Crippen molar-refractivity contribution in [1.29, 1.82) is 0 Å². The first-order valence-electron chi connectivity index (χ1n) is 10.0. The van der Waals surface area contributed by atoms with Crippen LogP contribution in [0.25, 0.3) is 0 Å². The standard InChI is InChI=1S/C19H31N3O3/c23-17(20-16-13-21-9-3-14(16)4-10-21)15-1-5-19(6-2-15)7-11-22(12-8-19)18(24)25/h14-16H,1-13H2,(H,20,23)(H,24,25)/p-1/t16-/m0/s1. The minimum absolute atomic E-state index is 0.153. The van der Waals surface area contributed by atoms with Crippen molar-refractivity contribution in [3.05, 3.63) is 0 Å². The number of carbonyl (C=O) groups is 2. The second kappa shape index (κ2) is 6.78. The van der Waals surface area contributed by atoms with E-state index in [2.05, 4.69) is 10.2 Å². The van der Waals surface area contributed by atoms with Gasteiger partial charge >= 0.3 is 0 Å². The molecule has 0 unspecified atom stereocenters. The first-order chi connectivity index (χ1) is 12.0.